The second kappa shape index (κ2) is 6.84. The number of carbonyl (C=O) groups is 1. The van der Waals surface area contributed by atoms with Crippen molar-refractivity contribution in [1.29, 1.82) is 0 Å². The molecule has 3 rings (SSSR count). The highest BCUT2D eigenvalue weighted by Gasteiger charge is 2.38. The van der Waals surface area contributed by atoms with Crippen LogP contribution >= 0.6 is 0 Å². The van der Waals surface area contributed by atoms with E-state index in [4.69, 9.17) is 4.74 Å². The quantitative estimate of drug-likeness (QED) is 0.852. The maximum absolute atomic E-state index is 12.7. The van der Waals surface area contributed by atoms with Crippen LogP contribution in [0.1, 0.15) is 0 Å². The largest absolute Gasteiger partial charge is 0.401 e. The number of H-pyrrole nitrogens is 1. The first-order valence-electron chi connectivity index (χ1n) is 7.56. The molecule has 8 nitrogen and oxygen atoms in total. The third-order valence-corrected chi connectivity index (χ3v) is 3.82. The molecule has 136 valence electrons. The van der Waals surface area contributed by atoms with Crippen molar-refractivity contribution >= 4 is 11.7 Å². The molecule has 25 heavy (non-hydrogen) atoms. The van der Waals surface area contributed by atoms with E-state index in [0.29, 0.717) is 11.5 Å². The number of anilines is 1. The van der Waals surface area contributed by atoms with Crippen molar-refractivity contribution in [3.63, 3.8) is 0 Å². The fourth-order valence-corrected chi connectivity index (χ4v) is 2.63. The summed E-state index contributed by atoms with van der Waals surface area (Å²) in [4.78, 5) is 17.6. The van der Waals surface area contributed by atoms with Crippen molar-refractivity contribution in [3.05, 3.63) is 18.5 Å². The Kier molecular flexibility index (Phi) is 4.77. The number of alkyl halides is 3. The molecule has 0 radical (unpaired) electrons. The van der Waals surface area contributed by atoms with Crippen LogP contribution in [0.5, 0.6) is 0 Å². The molecule has 1 aliphatic rings. The van der Waals surface area contributed by atoms with Crippen molar-refractivity contribution < 1.29 is 22.7 Å². The topological polar surface area (TPSA) is 88.1 Å². The van der Waals surface area contributed by atoms with Crippen molar-refractivity contribution in [2.75, 3.05) is 31.6 Å². The average molecular weight is 358 g/mol. The normalized spacial score (nSPS) is 19.1. The molecule has 0 aromatic carbocycles. The van der Waals surface area contributed by atoms with Gasteiger partial charge in [-0.05, 0) is 0 Å². The number of carbonyl (C=O) groups excluding carboxylic acids is 1. The molecule has 2 N–H and O–H groups in total. The monoisotopic (exact) mass is 358 g/mol. The summed E-state index contributed by atoms with van der Waals surface area (Å²) in [7, 11) is 1.80. The number of aromatic nitrogens is 4. The summed E-state index contributed by atoms with van der Waals surface area (Å²) in [6.07, 6.45) is -1.01. The lowest BCUT2D eigenvalue weighted by Gasteiger charge is -2.34. The van der Waals surface area contributed by atoms with Crippen molar-refractivity contribution in [3.8, 4) is 11.5 Å². The lowest BCUT2D eigenvalue weighted by atomic mass is 10.2. The number of hydrogen-bond acceptors (Lipinski definition) is 5. The molecule has 1 fully saturated rings. The van der Waals surface area contributed by atoms with Crippen LogP contribution in [0.4, 0.5) is 19.0 Å². The van der Waals surface area contributed by atoms with E-state index >= 15 is 0 Å². The zero-order valence-corrected chi connectivity index (χ0v) is 13.4. The number of amides is 1. The van der Waals surface area contributed by atoms with E-state index < -0.39 is 24.7 Å². The molecule has 1 saturated heterocycles. The first kappa shape index (κ1) is 17.4. The standard InChI is InChI=1S/C14H17F3N6O2/c1-22-3-2-18-12(22)9-6-11(21-20-9)19-13(24)10-7-25-5-4-23(10)8-14(15,16)17/h2-3,6,10H,4-5,7-8H2,1H3,(H2,19,20,21,24). The Labute approximate surface area is 141 Å². The zero-order valence-electron chi connectivity index (χ0n) is 13.4. The summed E-state index contributed by atoms with van der Waals surface area (Å²) in [5.41, 5.74) is 0.579. The minimum Gasteiger partial charge on any atom is -0.378 e. The maximum Gasteiger partial charge on any atom is 0.401 e. The Hall–Kier alpha value is -2.40. The molecule has 1 amide bonds. The second-order valence-corrected chi connectivity index (χ2v) is 5.69. The lowest BCUT2D eigenvalue weighted by Crippen LogP contribution is -2.54. The van der Waals surface area contributed by atoms with Gasteiger partial charge in [-0.3, -0.25) is 14.8 Å². The third-order valence-electron chi connectivity index (χ3n) is 3.82. The minimum absolute atomic E-state index is 0.0384. The zero-order chi connectivity index (χ0) is 18.0. The van der Waals surface area contributed by atoms with Gasteiger partial charge < -0.3 is 14.6 Å². The molecule has 11 heteroatoms. The van der Waals surface area contributed by atoms with Gasteiger partial charge in [-0.15, -0.1) is 0 Å². The smallest absolute Gasteiger partial charge is 0.378 e. The number of imidazole rings is 1. The number of nitrogens with zero attached hydrogens (tertiary/aromatic N) is 4. The molecule has 1 atom stereocenters. The van der Waals surface area contributed by atoms with Crippen LogP contribution in [0.25, 0.3) is 11.5 Å². The fourth-order valence-electron chi connectivity index (χ4n) is 2.63. The fraction of sp³-hybridized carbons (Fsp3) is 0.500. The van der Waals surface area contributed by atoms with E-state index in [1.165, 1.54) is 0 Å². The Morgan fingerprint density at radius 2 is 2.32 bits per heavy atom. The summed E-state index contributed by atoms with van der Waals surface area (Å²) >= 11 is 0. The first-order valence-corrected chi connectivity index (χ1v) is 7.56. The van der Waals surface area contributed by atoms with Crippen LogP contribution in [0.3, 0.4) is 0 Å². The summed E-state index contributed by atoms with van der Waals surface area (Å²) in [6, 6.07) is 0.543. The van der Waals surface area contributed by atoms with Crippen LogP contribution in [0, 0.1) is 0 Å². The molecule has 3 heterocycles. The second-order valence-electron chi connectivity index (χ2n) is 5.69. The van der Waals surface area contributed by atoms with E-state index in [0.717, 1.165) is 4.90 Å². The van der Waals surface area contributed by atoms with Gasteiger partial charge in [-0.2, -0.15) is 18.3 Å². The van der Waals surface area contributed by atoms with E-state index in [2.05, 4.69) is 20.5 Å². The highest BCUT2D eigenvalue weighted by molar-refractivity contribution is 5.94. The molecular formula is C14H17F3N6O2. The molecule has 1 unspecified atom stereocenters. The molecule has 0 bridgehead atoms. The van der Waals surface area contributed by atoms with E-state index in [-0.39, 0.29) is 25.6 Å². The van der Waals surface area contributed by atoms with Crippen LogP contribution < -0.4 is 5.32 Å². The van der Waals surface area contributed by atoms with E-state index in [1.54, 1.807) is 30.1 Å². The van der Waals surface area contributed by atoms with Gasteiger partial charge in [-0.25, -0.2) is 4.98 Å². The number of aryl methyl sites for hydroxylation is 1. The first-order chi connectivity index (χ1) is 11.8. The summed E-state index contributed by atoms with van der Waals surface area (Å²) in [5.74, 6) is 0.232. The lowest BCUT2D eigenvalue weighted by molar-refractivity contribution is -0.165. The predicted octanol–water partition coefficient (Wildman–Crippen LogP) is 1.01. The van der Waals surface area contributed by atoms with E-state index in [9.17, 15) is 18.0 Å². The van der Waals surface area contributed by atoms with E-state index in [1.807, 2.05) is 0 Å². The summed E-state index contributed by atoms with van der Waals surface area (Å²) in [6.45, 7) is -1.06. The Bertz CT molecular complexity index is 741. The number of nitrogens with one attached hydrogen (secondary N) is 2. The molecular weight excluding hydrogens is 341 g/mol. The average Bonchev–Trinajstić information content (AvgIpc) is 3.14. The summed E-state index contributed by atoms with van der Waals surface area (Å²) < 4.78 is 44.9. The molecule has 2 aromatic heterocycles. The molecule has 1 aliphatic heterocycles. The number of aromatic amines is 1. The number of ether oxygens (including phenoxy) is 1. The highest BCUT2D eigenvalue weighted by Crippen LogP contribution is 2.21. The number of morpholine rings is 1. The molecule has 0 saturated carbocycles. The summed E-state index contributed by atoms with van der Waals surface area (Å²) in [5, 5.41) is 9.21. The minimum atomic E-state index is -4.38. The van der Waals surface area contributed by atoms with Crippen LogP contribution in [-0.4, -0.2) is 69.1 Å². The van der Waals surface area contributed by atoms with Gasteiger partial charge in [0.1, 0.15) is 11.7 Å². The van der Waals surface area contributed by atoms with Gasteiger partial charge in [0, 0.05) is 32.1 Å². The van der Waals surface area contributed by atoms with Crippen LogP contribution in [0.15, 0.2) is 18.5 Å². The number of hydrogen-bond donors (Lipinski definition) is 2. The van der Waals surface area contributed by atoms with Crippen LogP contribution in [-0.2, 0) is 16.6 Å². The number of rotatable bonds is 4. The van der Waals surface area contributed by atoms with Crippen molar-refractivity contribution in [1.82, 2.24) is 24.6 Å². The molecule has 0 spiro atoms. The SMILES string of the molecule is Cn1ccnc1-c1cc(NC(=O)C2COCCN2CC(F)(F)F)n[nH]1. The number of halogens is 3. The van der Waals surface area contributed by atoms with Gasteiger partial charge in [0.2, 0.25) is 5.91 Å². The van der Waals surface area contributed by atoms with Gasteiger partial charge in [0.25, 0.3) is 0 Å². The Balaban J connectivity index is 1.68. The molecule has 2 aromatic rings. The van der Waals surface area contributed by atoms with Gasteiger partial charge in [0.05, 0.1) is 19.8 Å². The van der Waals surface area contributed by atoms with Crippen LogP contribution in [0.2, 0.25) is 0 Å². The maximum atomic E-state index is 12.7. The predicted molar refractivity (Wildman–Crippen MR) is 81.7 cm³/mol. The van der Waals surface area contributed by atoms with Crippen molar-refractivity contribution in [2.24, 2.45) is 7.05 Å². The third kappa shape index (κ3) is 4.17. The molecule has 0 aliphatic carbocycles. The highest BCUT2D eigenvalue weighted by atomic mass is 19.4. The Morgan fingerprint density at radius 1 is 1.52 bits per heavy atom. The van der Waals surface area contributed by atoms with Gasteiger partial charge >= 0.3 is 6.18 Å². The van der Waals surface area contributed by atoms with Gasteiger partial charge in [0.15, 0.2) is 11.6 Å². The Morgan fingerprint density at radius 3 is 3.00 bits per heavy atom. The van der Waals surface area contributed by atoms with Crippen molar-refractivity contribution in [2.45, 2.75) is 12.2 Å². The van der Waals surface area contributed by atoms with Gasteiger partial charge in [-0.1, -0.05) is 0 Å².